The quantitative estimate of drug-likeness (QED) is 0.826. The monoisotopic (exact) mass is 237 g/mol. The second kappa shape index (κ2) is 5.16. The summed E-state index contributed by atoms with van der Waals surface area (Å²) in [5.41, 5.74) is 0. The van der Waals surface area contributed by atoms with E-state index in [1.165, 1.54) is 6.42 Å². The minimum absolute atomic E-state index is 0.000417. The molecule has 1 unspecified atom stereocenters. The van der Waals surface area contributed by atoms with Gasteiger partial charge in [0.15, 0.2) is 5.82 Å². The third-order valence-corrected chi connectivity index (χ3v) is 3.15. The van der Waals surface area contributed by atoms with Gasteiger partial charge in [0.25, 0.3) is 0 Å². The zero-order valence-corrected chi connectivity index (χ0v) is 10.4. The number of nitrogens with zero attached hydrogens (tertiary/aromatic N) is 4. The van der Waals surface area contributed by atoms with Crippen LogP contribution in [-0.2, 0) is 13.6 Å². The molecule has 1 aromatic heterocycles. The molecule has 0 saturated carbocycles. The van der Waals surface area contributed by atoms with Crippen molar-refractivity contribution in [3.8, 4) is 0 Å². The first-order valence-corrected chi connectivity index (χ1v) is 6.02. The summed E-state index contributed by atoms with van der Waals surface area (Å²) in [6.45, 7) is 4.32. The Morgan fingerprint density at radius 2 is 2.47 bits per heavy atom. The second-order valence-electron chi connectivity index (χ2n) is 4.71. The Kier molecular flexibility index (Phi) is 3.61. The van der Waals surface area contributed by atoms with Gasteiger partial charge in [-0.1, -0.05) is 6.92 Å². The molecule has 1 aliphatic heterocycles. The summed E-state index contributed by atoms with van der Waals surface area (Å²) in [6, 6.07) is -0.000417. The minimum atomic E-state index is -0.000417. The molecule has 1 aromatic rings. The first-order chi connectivity index (χ1) is 8.16. The van der Waals surface area contributed by atoms with Crippen LogP contribution in [0.2, 0.25) is 0 Å². The summed E-state index contributed by atoms with van der Waals surface area (Å²) >= 11 is 0. The highest BCUT2D eigenvalue weighted by Crippen LogP contribution is 2.15. The van der Waals surface area contributed by atoms with Crippen LogP contribution < -0.4 is 5.32 Å². The third-order valence-electron chi connectivity index (χ3n) is 3.15. The zero-order chi connectivity index (χ0) is 12.3. The standard InChI is InChI=1S/C11H19N5O/c1-9-4-3-5-16(7-9)11(17)12-6-10-14-13-8-15(10)2/h8-9H,3-7H2,1-2H3,(H,12,17). The van der Waals surface area contributed by atoms with Gasteiger partial charge >= 0.3 is 6.03 Å². The second-order valence-corrected chi connectivity index (χ2v) is 4.71. The molecule has 1 aliphatic rings. The van der Waals surface area contributed by atoms with E-state index >= 15 is 0 Å². The molecule has 1 N–H and O–H groups in total. The number of aryl methyl sites for hydroxylation is 1. The maximum absolute atomic E-state index is 11.9. The number of urea groups is 1. The highest BCUT2D eigenvalue weighted by atomic mass is 16.2. The highest BCUT2D eigenvalue weighted by molar-refractivity contribution is 5.74. The Balaban J connectivity index is 1.83. The predicted molar refractivity (Wildman–Crippen MR) is 63.2 cm³/mol. The van der Waals surface area contributed by atoms with E-state index in [2.05, 4.69) is 22.4 Å². The maximum atomic E-state index is 11.9. The van der Waals surface area contributed by atoms with Gasteiger partial charge in [-0.15, -0.1) is 10.2 Å². The lowest BCUT2D eigenvalue weighted by molar-refractivity contribution is 0.169. The molecule has 6 nitrogen and oxygen atoms in total. The van der Waals surface area contributed by atoms with Gasteiger partial charge in [-0.25, -0.2) is 4.79 Å². The number of carbonyl (C=O) groups is 1. The van der Waals surface area contributed by atoms with Gasteiger partial charge in [-0.2, -0.15) is 0 Å². The lowest BCUT2D eigenvalue weighted by Crippen LogP contribution is -2.44. The van der Waals surface area contributed by atoms with Crippen molar-refractivity contribution in [2.45, 2.75) is 26.3 Å². The molecule has 0 bridgehead atoms. The van der Waals surface area contributed by atoms with E-state index in [4.69, 9.17) is 0 Å². The van der Waals surface area contributed by atoms with Crippen molar-refractivity contribution >= 4 is 6.03 Å². The summed E-state index contributed by atoms with van der Waals surface area (Å²) in [5, 5.41) is 10.6. The van der Waals surface area contributed by atoms with Crippen molar-refractivity contribution < 1.29 is 4.79 Å². The summed E-state index contributed by atoms with van der Waals surface area (Å²) in [4.78, 5) is 13.8. The van der Waals surface area contributed by atoms with Gasteiger partial charge in [0.2, 0.25) is 0 Å². The summed E-state index contributed by atoms with van der Waals surface area (Å²) in [7, 11) is 1.87. The molecule has 0 aromatic carbocycles. The smallest absolute Gasteiger partial charge is 0.317 e. The first-order valence-electron chi connectivity index (χ1n) is 6.02. The van der Waals surface area contributed by atoms with Crippen molar-refractivity contribution in [1.29, 1.82) is 0 Å². The van der Waals surface area contributed by atoms with Gasteiger partial charge < -0.3 is 14.8 Å². The number of likely N-dealkylation sites (tertiary alicyclic amines) is 1. The molecule has 1 atom stereocenters. The van der Waals surface area contributed by atoms with E-state index < -0.39 is 0 Å². The molecule has 2 amide bonds. The predicted octanol–water partition coefficient (Wildman–Crippen LogP) is 0.757. The van der Waals surface area contributed by atoms with Crippen LogP contribution in [-0.4, -0.2) is 38.8 Å². The summed E-state index contributed by atoms with van der Waals surface area (Å²) in [6.07, 6.45) is 3.94. The van der Waals surface area contributed by atoms with Crippen molar-refractivity contribution in [1.82, 2.24) is 25.0 Å². The number of hydrogen-bond acceptors (Lipinski definition) is 3. The minimum Gasteiger partial charge on any atom is -0.331 e. The van der Waals surface area contributed by atoms with E-state index in [-0.39, 0.29) is 6.03 Å². The number of carbonyl (C=O) groups excluding carboxylic acids is 1. The number of hydrogen-bond donors (Lipinski definition) is 1. The van der Waals surface area contributed by atoms with Crippen LogP contribution in [0, 0.1) is 5.92 Å². The molecule has 0 spiro atoms. The van der Waals surface area contributed by atoms with E-state index in [0.29, 0.717) is 12.5 Å². The molecule has 2 heterocycles. The van der Waals surface area contributed by atoms with Crippen LogP contribution in [0.1, 0.15) is 25.6 Å². The van der Waals surface area contributed by atoms with Crippen LogP contribution in [0.4, 0.5) is 4.79 Å². The molecular formula is C11H19N5O. The normalized spacial score (nSPS) is 20.4. The Morgan fingerprint density at radius 1 is 1.65 bits per heavy atom. The molecule has 1 saturated heterocycles. The zero-order valence-electron chi connectivity index (χ0n) is 10.4. The molecule has 17 heavy (non-hydrogen) atoms. The molecule has 1 fully saturated rings. The van der Waals surface area contributed by atoms with Gasteiger partial charge in [0.1, 0.15) is 6.33 Å². The van der Waals surface area contributed by atoms with Gasteiger partial charge in [0.05, 0.1) is 6.54 Å². The number of rotatable bonds is 2. The summed E-state index contributed by atoms with van der Waals surface area (Å²) < 4.78 is 1.80. The third kappa shape index (κ3) is 2.95. The molecule has 2 rings (SSSR count). The van der Waals surface area contributed by atoms with E-state index in [1.54, 1.807) is 10.9 Å². The SMILES string of the molecule is CC1CCCN(C(=O)NCc2nncn2C)C1. The van der Waals surface area contributed by atoms with Gasteiger partial charge in [-0.3, -0.25) is 0 Å². The van der Waals surface area contributed by atoms with Crippen LogP contribution in [0.3, 0.4) is 0 Å². The average molecular weight is 237 g/mol. The Labute approximate surface area is 101 Å². The summed E-state index contributed by atoms with van der Waals surface area (Å²) in [5.74, 6) is 1.37. The van der Waals surface area contributed by atoms with Crippen molar-refractivity contribution in [3.63, 3.8) is 0 Å². The fourth-order valence-electron chi connectivity index (χ4n) is 2.11. The van der Waals surface area contributed by atoms with Crippen molar-refractivity contribution in [2.75, 3.05) is 13.1 Å². The fraction of sp³-hybridized carbons (Fsp3) is 0.727. The topological polar surface area (TPSA) is 63.1 Å². The molecule has 94 valence electrons. The Bertz CT molecular complexity index is 389. The highest BCUT2D eigenvalue weighted by Gasteiger charge is 2.20. The number of piperidine rings is 1. The average Bonchev–Trinajstić information content (AvgIpc) is 2.72. The molecular weight excluding hydrogens is 218 g/mol. The molecule has 0 radical (unpaired) electrons. The van der Waals surface area contributed by atoms with Crippen LogP contribution in [0.5, 0.6) is 0 Å². The molecule has 6 heteroatoms. The number of nitrogens with one attached hydrogen (secondary N) is 1. The Morgan fingerprint density at radius 3 is 3.12 bits per heavy atom. The van der Waals surface area contributed by atoms with Gasteiger partial charge in [0, 0.05) is 20.1 Å². The van der Waals surface area contributed by atoms with E-state index in [0.717, 1.165) is 25.3 Å². The lowest BCUT2D eigenvalue weighted by Gasteiger charge is -2.30. The Hall–Kier alpha value is -1.59. The fourth-order valence-corrected chi connectivity index (χ4v) is 2.11. The van der Waals surface area contributed by atoms with Crippen LogP contribution in [0.15, 0.2) is 6.33 Å². The van der Waals surface area contributed by atoms with Crippen molar-refractivity contribution in [3.05, 3.63) is 12.2 Å². The maximum Gasteiger partial charge on any atom is 0.317 e. The van der Waals surface area contributed by atoms with E-state index in [9.17, 15) is 4.79 Å². The largest absolute Gasteiger partial charge is 0.331 e. The molecule has 0 aliphatic carbocycles. The van der Waals surface area contributed by atoms with Crippen LogP contribution in [0.25, 0.3) is 0 Å². The van der Waals surface area contributed by atoms with Crippen LogP contribution >= 0.6 is 0 Å². The van der Waals surface area contributed by atoms with E-state index in [1.807, 2.05) is 11.9 Å². The van der Waals surface area contributed by atoms with Gasteiger partial charge in [-0.05, 0) is 18.8 Å². The number of amides is 2. The van der Waals surface area contributed by atoms with Crippen molar-refractivity contribution in [2.24, 2.45) is 13.0 Å². The first kappa shape index (κ1) is 11.9. The lowest BCUT2D eigenvalue weighted by atomic mass is 10.0. The number of aromatic nitrogens is 3.